The summed E-state index contributed by atoms with van der Waals surface area (Å²) in [6, 6.07) is 7.90. The van der Waals surface area contributed by atoms with Crippen molar-refractivity contribution in [2.45, 2.75) is 115 Å². The third-order valence-electron chi connectivity index (χ3n) is 7.87. The Hall–Kier alpha value is -1.84. The Morgan fingerprint density at radius 1 is 1.08 bits per heavy atom. The zero-order valence-corrected chi connectivity index (χ0v) is 25.4. The van der Waals surface area contributed by atoms with Gasteiger partial charge in [0.2, 0.25) is 0 Å². The molecule has 0 spiro atoms. The van der Waals surface area contributed by atoms with E-state index in [-0.39, 0.29) is 17.5 Å². The van der Waals surface area contributed by atoms with Crippen LogP contribution in [0.1, 0.15) is 101 Å². The van der Waals surface area contributed by atoms with Crippen LogP contribution in [-0.2, 0) is 28.2 Å². The largest absolute Gasteiger partial charge is 0.593 e. The summed E-state index contributed by atoms with van der Waals surface area (Å²) in [4.78, 5) is 14.0. The molecule has 1 saturated heterocycles. The van der Waals surface area contributed by atoms with Crippen molar-refractivity contribution in [2.24, 2.45) is 5.92 Å². The Bertz CT molecular complexity index is 1140. The number of nitrogens with zero attached hydrogens (tertiary/aromatic N) is 1. The maximum absolute atomic E-state index is 13.5. The fourth-order valence-electron chi connectivity index (χ4n) is 5.74. The van der Waals surface area contributed by atoms with Crippen LogP contribution in [0.2, 0.25) is 0 Å². The van der Waals surface area contributed by atoms with Crippen molar-refractivity contribution >= 4 is 17.3 Å². The van der Waals surface area contributed by atoms with Gasteiger partial charge in [-0.3, -0.25) is 4.79 Å². The van der Waals surface area contributed by atoms with E-state index in [9.17, 15) is 14.5 Å². The molecular formula is C31H47N3O4S. The van der Waals surface area contributed by atoms with Crippen LogP contribution < -0.4 is 10.0 Å². The molecule has 1 aromatic heterocycles. The summed E-state index contributed by atoms with van der Waals surface area (Å²) >= 11 is -1.49. The van der Waals surface area contributed by atoms with Crippen LogP contribution in [0, 0.1) is 12.8 Å². The minimum Gasteiger partial charge on any atom is -0.593 e. The highest BCUT2D eigenvalue weighted by Gasteiger charge is 2.31. The van der Waals surface area contributed by atoms with E-state index in [0.29, 0.717) is 35.2 Å². The number of hydrogen-bond acceptors (Lipinski definition) is 5. The summed E-state index contributed by atoms with van der Waals surface area (Å²) < 4.78 is 24.2. The third kappa shape index (κ3) is 7.67. The van der Waals surface area contributed by atoms with Gasteiger partial charge in [-0.25, -0.2) is 0 Å². The van der Waals surface area contributed by atoms with Gasteiger partial charge in [-0.15, -0.1) is 4.72 Å². The van der Waals surface area contributed by atoms with Crippen LogP contribution in [0.3, 0.4) is 0 Å². The minimum absolute atomic E-state index is 0.0437. The average Bonchev–Trinajstić information content (AvgIpc) is 3.19. The molecule has 1 atom stereocenters. The van der Waals surface area contributed by atoms with Gasteiger partial charge in [-0.1, -0.05) is 19.3 Å². The maximum atomic E-state index is 13.5. The van der Waals surface area contributed by atoms with E-state index in [0.717, 1.165) is 36.3 Å². The van der Waals surface area contributed by atoms with E-state index in [1.807, 2.05) is 52.0 Å². The first-order valence-corrected chi connectivity index (χ1v) is 15.6. The van der Waals surface area contributed by atoms with Gasteiger partial charge in [0, 0.05) is 42.8 Å². The van der Waals surface area contributed by atoms with Crippen molar-refractivity contribution in [2.75, 3.05) is 13.2 Å². The molecule has 1 aliphatic heterocycles. The van der Waals surface area contributed by atoms with E-state index >= 15 is 0 Å². The molecule has 3 N–H and O–H groups in total. The molecule has 1 amide bonds. The lowest BCUT2D eigenvalue weighted by molar-refractivity contribution is 0.0695. The van der Waals surface area contributed by atoms with Crippen LogP contribution in [0.15, 0.2) is 29.2 Å². The number of amides is 1. The highest BCUT2D eigenvalue weighted by Crippen LogP contribution is 2.36. The SMILES string of the molecule is Cc1c(C(=O)NC2CCOCC2)cc(-c2ccc([S+]([O-])NC(C)(C)C)c(C(C)(C)O)c2)n1CC1CCCCC1. The minimum atomic E-state index is -1.49. The quantitative estimate of drug-likeness (QED) is 0.368. The number of aliphatic hydroxyl groups is 1. The van der Waals surface area contributed by atoms with E-state index < -0.39 is 17.0 Å². The second-order valence-electron chi connectivity index (χ2n) is 12.9. The standard InChI is InChI=1S/C31H47N3O4S/c1-21-25(29(35)32-24-14-16-38-17-15-24)19-27(34(21)20-22-10-8-7-9-11-22)23-12-13-28(26(18-23)31(5,6)36)39(37)33-30(2,3)4/h12-13,18-19,22,24,33,36H,7-11,14-17,20H2,1-6H3,(H,32,35). The van der Waals surface area contributed by atoms with Crippen LogP contribution >= 0.6 is 0 Å². The molecule has 2 fully saturated rings. The summed E-state index contributed by atoms with van der Waals surface area (Å²) in [5.41, 5.74) is 2.60. The smallest absolute Gasteiger partial charge is 0.253 e. The fourth-order valence-corrected chi connectivity index (χ4v) is 7.11. The Morgan fingerprint density at radius 2 is 1.74 bits per heavy atom. The van der Waals surface area contributed by atoms with E-state index in [4.69, 9.17) is 4.74 Å². The van der Waals surface area contributed by atoms with Gasteiger partial charge >= 0.3 is 0 Å². The molecule has 2 aromatic rings. The predicted octanol–water partition coefficient (Wildman–Crippen LogP) is 5.59. The first-order chi connectivity index (χ1) is 18.3. The zero-order chi connectivity index (χ0) is 28.4. The van der Waals surface area contributed by atoms with E-state index in [1.165, 1.54) is 32.1 Å². The number of carbonyl (C=O) groups is 1. The number of hydrogen-bond donors (Lipinski definition) is 3. The van der Waals surface area contributed by atoms with Gasteiger partial charge in [0.25, 0.3) is 5.91 Å². The molecule has 39 heavy (non-hydrogen) atoms. The van der Waals surface area contributed by atoms with Gasteiger partial charge in [0.1, 0.15) is 0 Å². The first-order valence-electron chi connectivity index (χ1n) is 14.5. The lowest BCUT2D eigenvalue weighted by Crippen LogP contribution is -2.41. The lowest BCUT2D eigenvalue weighted by Gasteiger charge is -2.27. The Balaban J connectivity index is 1.74. The van der Waals surface area contributed by atoms with Gasteiger partial charge in [0.05, 0.1) is 28.1 Å². The fraction of sp³-hybridized carbons (Fsp3) is 0.645. The second kappa shape index (κ2) is 12.4. The van der Waals surface area contributed by atoms with Crippen LogP contribution in [0.4, 0.5) is 0 Å². The van der Waals surface area contributed by atoms with E-state index in [2.05, 4.69) is 14.6 Å². The highest BCUT2D eigenvalue weighted by molar-refractivity contribution is 7.89. The summed E-state index contributed by atoms with van der Waals surface area (Å²) in [6.07, 6.45) is 7.86. The summed E-state index contributed by atoms with van der Waals surface area (Å²) in [6.45, 7) is 13.6. The van der Waals surface area contributed by atoms with Crippen molar-refractivity contribution in [3.63, 3.8) is 0 Å². The van der Waals surface area contributed by atoms with Gasteiger partial charge < -0.3 is 24.3 Å². The molecule has 8 heteroatoms. The van der Waals surface area contributed by atoms with Crippen molar-refractivity contribution in [1.29, 1.82) is 0 Å². The van der Waals surface area contributed by atoms with Crippen molar-refractivity contribution in [3.05, 3.63) is 41.1 Å². The van der Waals surface area contributed by atoms with Crippen molar-refractivity contribution < 1.29 is 19.2 Å². The molecule has 1 saturated carbocycles. The van der Waals surface area contributed by atoms with Crippen molar-refractivity contribution in [3.8, 4) is 11.3 Å². The number of ether oxygens (including phenoxy) is 1. The van der Waals surface area contributed by atoms with Gasteiger partial charge in [0.15, 0.2) is 4.90 Å². The Labute approximate surface area is 237 Å². The van der Waals surface area contributed by atoms with Gasteiger partial charge in [-0.2, -0.15) is 0 Å². The lowest BCUT2D eigenvalue weighted by atomic mass is 9.89. The zero-order valence-electron chi connectivity index (χ0n) is 24.6. The molecule has 0 bridgehead atoms. The molecular weight excluding hydrogens is 510 g/mol. The topological polar surface area (TPSA) is 98.6 Å². The predicted molar refractivity (Wildman–Crippen MR) is 157 cm³/mol. The first kappa shape index (κ1) is 30.1. The summed E-state index contributed by atoms with van der Waals surface area (Å²) in [7, 11) is 0. The van der Waals surface area contributed by atoms with E-state index in [1.54, 1.807) is 13.8 Å². The van der Waals surface area contributed by atoms with Gasteiger partial charge in [-0.05, 0) is 103 Å². The molecule has 4 rings (SSSR count). The molecule has 1 aliphatic carbocycles. The Kier molecular flexibility index (Phi) is 9.54. The maximum Gasteiger partial charge on any atom is 0.253 e. The molecule has 0 radical (unpaired) electrons. The summed E-state index contributed by atoms with van der Waals surface area (Å²) in [5.74, 6) is 0.532. The normalized spacial score (nSPS) is 18.8. The number of benzene rings is 1. The molecule has 216 valence electrons. The third-order valence-corrected chi connectivity index (χ3v) is 9.42. The molecule has 2 aliphatic rings. The molecule has 2 heterocycles. The monoisotopic (exact) mass is 557 g/mol. The molecule has 1 aromatic carbocycles. The summed E-state index contributed by atoms with van der Waals surface area (Å²) in [5, 5.41) is 14.3. The average molecular weight is 558 g/mol. The number of aromatic nitrogens is 1. The highest BCUT2D eigenvalue weighted by atomic mass is 32.2. The number of rotatable bonds is 8. The van der Waals surface area contributed by atoms with Crippen LogP contribution in [-0.4, -0.2) is 44.9 Å². The van der Waals surface area contributed by atoms with Crippen molar-refractivity contribution in [1.82, 2.24) is 14.6 Å². The molecule has 1 unspecified atom stereocenters. The van der Waals surface area contributed by atoms with Crippen LogP contribution in [0.5, 0.6) is 0 Å². The number of nitrogens with one attached hydrogen (secondary N) is 2. The second-order valence-corrected chi connectivity index (χ2v) is 14.1. The Morgan fingerprint density at radius 3 is 2.36 bits per heavy atom. The molecule has 7 nitrogen and oxygen atoms in total. The number of carbonyl (C=O) groups excluding carboxylic acids is 1. The van der Waals surface area contributed by atoms with Crippen LogP contribution in [0.25, 0.3) is 11.3 Å².